The van der Waals surface area contributed by atoms with Gasteiger partial charge < -0.3 is 25.0 Å². The molecule has 2 N–H and O–H groups in total. The molecule has 7 heteroatoms. The summed E-state index contributed by atoms with van der Waals surface area (Å²) >= 11 is 0. The molecule has 162 valence electrons. The molecule has 0 saturated carbocycles. The van der Waals surface area contributed by atoms with Crippen LogP contribution in [-0.4, -0.2) is 63.9 Å². The summed E-state index contributed by atoms with van der Waals surface area (Å²) in [7, 11) is 1.70. The summed E-state index contributed by atoms with van der Waals surface area (Å²) in [5, 5.41) is 6.67. The normalized spacial score (nSPS) is 11.2. The van der Waals surface area contributed by atoms with Gasteiger partial charge in [-0.25, -0.2) is 0 Å². The van der Waals surface area contributed by atoms with Gasteiger partial charge in [-0.15, -0.1) is 24.0 Å². The molecular formula is C21H39IN4O2. The lowest BCUT2D eigenvalue weighted by atomic mass is 10.3. The number of ether oxygens (including phenoxy) is 2. The molecule has 0 bridgehead atoms. The van der Waals surface area contributed by atoms with E-state index in [9.17, 15) is 0 Å². The van der Waals surface area contributed by atoms with Gasteiger partial charge in [0, 0.05) is 45.0 Å². The van der Waals surface area contributed by atoms with Crippen molar-refractivity contribution in [2.45, 2.75) is 40.0 Å². The molecule has 1 rings (SSSR count). The van der Waals surface area contributed by atoms with E-state index >= 15 is 0 Å². The maximum absolute atomic E-state index is 5.76. The molecule has 0 fully saturated rings. The zero-order chi connectivity index (χ0) is 19.7. The summed E-state index contributed by atoms with van der Waals surface area (Å²) in [4.78, 5) is 7.14. The number of nitrogens with one attached hydrogen (secondary N) is 2. The summed E-state index contributed by atoms with van der Waals surface area (Å²) in [6, 6.07) is 7.98. The Hall–Kier alpha value is -1.06. The van der Waals surface area contributed by atoms with Crippen LogP contribution in [0.3, 0.4) is 0 Å². The summed E-state index contributed by atoms with van der Waals surface area (Å²) in [6.45, 7) is 12.9. The standard InChI is InChI=1S/C21H38N4O2.HI/c1-5-22-21(23-14-8-9-15-25(6-2)7-3)24-19-12-10-13-20(18-19)27-17-11-16-26-4;/h10,12-13,18H,5-9,11,14-17H2,1-4H3,(H2,22,23,24);1H. The van der Waals surface area contributed by atoms with Crippen molar-refractivity contribution >= 4 is 35.6 Å². The lowest BCUT2D eigenvalue weighted by Gasteiger charge is -2.17. The van der Waals surface area contributed by atoms with Crippen molar-refractivity contribution in [1.82, 2.24) is 10.2 Å². The van der Waals surface area contributed by atoms with E-state index in [4.69, 9.17) is 14.5 Å². The van der Waals surface area contributed by atoms with Crippen LogP contribution >= 0.6 is 24.0 Å². The first-order valence-corrected chi connectivity index (χ1v) is 10.2. The van der Waals surface area contributed by atoms with Gasteiger partial charge in [-0.05, 0) is 51.5 Å². The molecule has 1 aromatic rings. The second-order valence-corrected chi connectivity index (χ2v) is 6.34. The molecule has 0 heterocycles. The molecule has 0 amide bonds. The average Bonchev–Trinajstić information content (AvgIpc) is 2.68. The van der Waals surface area contributed by atoms with E-state index < -0.39 is 0 Å². The number of anilines is 1. The fraction of sp³-hybridized carbons (Fsp3) is 0.667. The van der Waals surface area contributed by atoms with Crippen LogP contribution in [-0.2, 0) is 4.74 Å². The van der Waals surface area contributed by atoms with Crippen LogP contribution in [0.4, 0.5) is 5.69 Å². The van der Waals surface area contributed by atoms with E-state index in [1.165, 1.54) is 6.42 Å². The Morgan fingerprint density at radius 1 is 1.07 bits per heavy atom. The van der Waals surface area contributed by atoms with Crippen molar-refractivity contribution in [3.05, 3.63) is 24.3 Å². The van der Waals surface area contributed by atoms with Gasteiger partial charge in [0.25, 0.3) is 0 Å². The van der Waals surface area contributed by atoms with Crippen LogP contribution in [0, 0.1) is 0 Å². The second-order valence-electron chi connectivity index (χ2n) is 6.34. The predicted octanol–water partition coefficient (Wildman–Crippen LogP) is 4.22. The summed E-state index contributed by atoms with van der Waals surface area (Å²) < 4.78 is 10.8. The topological polar surface area (TPSA) is 58.1 Å². The number of hydrogen-bond donors (Lipinski definition) is 2. The Labute approximate surface area is 188 Å². The minimum Gasteiger partial charge on any atom is -0.493 e. The van der Waals surface area contributed by atoms with Crippen molar-refractivity contribution in [2.24, 2.45) is 4.99 Å². The lowest BCUT2D eigenvalue weighted by molar-refractivity contribution is 0.172. The third-order valence-corrected chi connectivity index (χ3v) is 4.25. The van der Waals surface area contributed by atoms with Gasteiger partial charge in [-0.2, -0.15) is 0 Å². The van der Waals surface area contributed by atoms with Gasteiger partial charge in [0.05, 0.1) is 6.61 Å². The van der Waals surface area contributed by atoms with Crippen molar-refractivity contribution in [3.63, 3.8) is 0 Å². The maximum atomic E-state index is 5.76. The number of methoxy groups -OCH3 is 1. The van der Waals surface area contributed by atoms with Crippen LogP contribution in [0.2, 0.25) is 0 Å². The molecule has 0 unspecified atom stereocenters. The highest BCUT2D eigenvalue weighted by Crippen LogP contribution is 2.17. The number of guanidine groups is 1. The molecule has 1 aromatic carbocycles. The number of benzene rings is 1. The Bertz CT molecular complexity index is 525. The first kappa shape index (κ1) is 26.9. The van der Waals surface area contributed by atoms with Crippen molar-refractivity contribution in [1.29, 1.82) is 0 Å². The van der Waals surface area contributed by atoms with Crippen molar-refractivity contribution in [3.8, 4) is 5.75 Å². The first-order valence-electron chi connectivity index (χ1n) is 10.2. The van der Waals surface area contributed by atoms with E-state index in [1.54, 1.807) is 7.11 Å². The molecule has 0 aromatic heterocycles. The first-order chi connectivity index (χ1) is 13.2. The monoisotopic (exact) mass is 506 g/mol. The van der Waals surface area contributed by atoms with Gasteiger partial charge in [-0.1, -0.05) is 19.9 Å². The average molecular weight is 506 g/mol. The molecule has 28 heavy (non-hydrogen) atoms. The molecule has 0 atom stereocenters. The van der Waals surface area contributed by atoms with Gasteiger partial charge in [0.15, 0.2) is 5.96 Å². The predicted molar refractivity (Wildman–Crippen MR) is 130 cm³/mol. The Kier molecular flexibility index (Phi) is 17.3. The van der Waals surface area contributed by atoms with Crippen LogP contribution in [0.25, 0.3) is 0 Å². The Balaban J connectivity index is 0.00000729. The van der Waals surface area contributed by atoms with Gasteiger partial charge in [-0.3, -0.25) is 4.99 Å². The van der Waals surface area contributed by atoms with Crippen molar-refractivity contribution < 1.29 is 9.47 Å². The highest BCUT2D eigenvalue weighted by Gasteiger charge is 2.02. The zero-order valence-electron chi connectivity index (χ0n) is 18.0. The summed E-state index contributed by atoms with van der Waals surface area (Å²) in [6.07, 6.45) is 3.15. The fourth-order valence-corrected chi connectivity index (χ4v) is 2.68. The van der Waals surface area contributed by atoms with Crippen LogP contribution in [0.5, 0.6) is 5.75 Å². The van der Waals surface area contributed by atoms with Gasteiger partial charge in [0.1, 0.15) is 5.75 Å². The fourth-order valence-electron chi connectivity index (χ4n) is 2.68. The molecular weight excluding hydrogens is 467 g/mol. The minimum atomic E-state index is 0. The summed E-state index contributed by atoms with van der Waals surface area (Å²) in [5.74, 6) is 1.67. The highest BCUT2D eigenvalue weighted by molar-refractivity contribution is 14.0. The van der Waals surface area contributed by atoms with E-state index in [-0.39, 0.29) is 24.0 Å². The largest absolute Gasteiger partial charge is 0.493 e. The quantitative estimate of drug-likeness (QED) is 0.171. The Morgan fingerprint density at radius 3 is 2.54 bits per heavy atom. The Morgan fingerprint density at radius 2 is 1.86 bits per heavy atom. The van der Waals surface area contributed by atoms with Crippen molar-refractivity contribution in [2.75, 3.05) is 58.4 Å². The smallest absolute Gasteiger partial charge is 0.195 e. The molecule has 0 aliphatic rings. The molecule has 0 spiro atoms. The van der Waals surface area contributed by atoms with Crippen LogP contribution in [0.15, 0.2) is 29.3 Å². The number of halogens is 1. The number of unbranched alkanes of at least 4 members (excludes halogenated alkanes) is 1. The number of rotatable bonds is 14. The minimum absolute atomic E-state index is 0. The molecule has 0 aliphatic heterocycles. The van der Waals surface area contributed by atoms with E-state index in [2.05, 4.69) is 36.3 Å². The highest BCUT2D eigenvalue weighted by atomic mass is 127. The molecule has 0 aliphatic carbocycles. The third-order valence-electron chi connectivity index (χ3n) is 4.25. The lowest BCUT2D eigenvalue weighted by Crippen LogP contribution is -2.30. The SMILES string of the molecule is CCNC(=NCCCCN(CC)CC)Nc1cccc(OCCCOC)c1.I. The number of hydrogen-bond acceptors (Lipinski definition) is 4. The number of nitrogens with zero attached hydrogens (tertiary/aromatic N) is 2. The van der Waals surface area contributed by atoms with Crippen LogP contribution < -0.4 is 15.4 Å². The number of aliphatic imine (C=N–C) groups is 1. The maximum Gasteiger partial charge on any atom is 0.195 e. The van der Waals surface area contributed by atoms with E-state index in [0.717, 1.165) is 63.0 Å². The molecule has 6 nitrogen and oxygen atoms in total. The van der Waals surface area contributed by atoms with E-state index in [1.807, 2.05) is 24.3 Å². The van der Waals surface area contributed by atoms with Gasteiger partial charge in [0.2, 0.25) is 0 Å². The molecule has 0 saturated heterocycles. The summed E-state index contributed by atoms with van der Waals surface area (Å²) in [5.41, 5.74) is 0.974. The van der Waals surface area contributed by atoms with Crippen LogP contribution in [0.1, 0.15) is 40.0 Å². The third kappa shape index (κ3) is 12.4. The second kappa shape index (κ2) is 18.0. The van der Waals surface area contributed by atoms with E-state index in [0.29, 0.717) is 13.2 Å². The zero-order valence-corrected chi connectivity index (χ0v) is 20.3. The molecule has 0 radical (unpaired) electrons. The van der Waals surface area contributed by atoms with Gasteiger partial charge >= 0.3 is 0 Å².